The second-order valence-electron chi connectivity index (χ2n) is 4.01. The smallest absolute Gasteiger partial charge is 0.151 e. The number of hydrogen-bond donors (Lipinski definition) is 0. The molecule has 0 unspecified atom stereocenters. The van der Waals surface area contributed by atoms with Crippen molar-refractivity contribution in [1.82, 2.24) is 0 Å². The van der Waals surface area contributed by atoms with Crippen LogP contribution in [0.3, 0.4) is 0 Å². The molecule has 0 radical (unpaired) electrons. The Morgan fingerprint density at radius 1 is 1.00 bits per heavy atom. The molecule has 0 atom stereocenters. The van der Waals surface area contributed by atoms with E-state index in [1.807, 2.05) is 30.3 Å². The zero-order valence-corrected chi connectivity index (χ0v) is 10.3. The predicted molar refractivity (Wildman–Crippen MR) is 73.6 cm³/mol. The first kappa shape index (κ1) is 12.1. The zero-order chi connectivity index (χ0) is 12.8. The second-order valence-corrected chi connectivity index (χ2v) is 4.01. The van der Waals surface area contributed by atoms with Crippen LogP contribution in [-0.2, 0) is 6.42 Å². The van der Waals surface area contributed by atoms with Crippen molar-refractivity contribution in [1.29, 1.82) is 0 Å². The Balaban J connectivity index is 2.28. The van der Waals surface area contributed by atoms with E-state index in [1.165, 1.54) is 5.56 Å². The van der Waals surface area contributed by atoms with E-state index in [4.69, 9.17) is 0 Å². The van der Waals surface area contributed by atoms with E-state index >= 15 is 0 Å². The Morgan fingerprint density at radius 2 is 1.72 bits per heavy atom. The summed E-state index contributed by atoms with van der Waals surface area (Å²) in [7, 11) is 0. The van der Waals surface area contributed by atoms with E-state index < -0.39 is 0 Å². The summed E-state index contributed by atoms with van der Waals surface area (Å²) in [5, 5.41) is 0. The van der Waals surface area contributed by atoms with E-state index in [2.05, 4.69) is 30.9 Å². The van der Waals surface area contributed by atoms with Crippen molar-refractivity contribution in [3.05, 3.63) is 70.8 Å². The standard InChI is InChI=1S/C17H14O/c1-2-14-7-9-15(10-8-14)11-12-16-5-3-4-6-17(16)13-18/h3-10,13H,2H2,1H3. The minimum Gasteiger partial charge on any atom is -0.298 e. The lowest BCUT2D eigenvalue weighted by Gasteiger charge is -1.96. The molecule has 18 heavy (non-hydrogen) atoms. The fourth-order valence-electron chi connectivity index (χ4n) is 1.68. The maximum Gasteiger partial charge on any atom is 0.151 e. The molecule has 0 fully saturated rings. The third-order valence-corrected chi connectivity index (χ3v) is 2.79. The van der Waals surface area contributed by atoms with Crippen molar-refractivity contribution < 1.29 is 4.79 Å². The highest BCUT2D eigenvalue weighted by Crippen LogP contribution is 2.06. The van der Waals surface area contributed by atoms with Crippen molar-refractivity contribution in [2.45, 2.75) is 13.3 Å². The van der Waals surface area contributed by atoms with Crippen LogP contribution < -0.4 is 0 Å². The maximum absolute atomic E-state index is 10.9. The van der Waals surface area contributed by atoms with Crippen LogP contribution in [0.2, 0.25) is 0 Å². The molecule has 0 bridgehead atoms. The fraction of sp³-hybridized carbons (Fsp3) is 0.118. The minimum atomic E-state index is 0.634. The average molecular weight is 234 g/mol. The Morgan fingerprint density at radius 3 is 2.39 bits per heavy atom. The summed E-state index contributed by atoms with van der Waals surface area (Å²) in [6.07, 6.45) is 1.87. The van der Waals surface area contributed by atoms with Crippen molar-refractivity contribution in [2.75, 3.05) is 0 Å². The lowest BCUT2D eigenvalue weighted by molar-refractivity contribution is 0.112. The van der Waals surface area contributed by atoms with Crippen LogP contribution in [0.5, 0.6) is 0 Å². The highest BCUT2D eigenvalue weighted by Gasteiger charge is 1.95. The van der Waals surface area contributed by atoms with Gasteiger partial charge in [-0.2, -0.15) is 0 Å². The Labute approximate surface area is 107 Å². The summed E-state index contributed by atoms with van der Waals surface area (Å²) in [4.78, 5) is 10.9. The Hall–Kier alpha value is -2.33. The molecule has 2 rings (SSSR count). The first-order chi connectivity index (χ1) is 8.83. The van der Waals surface area contributed by atoms with Gasteiger partial charge in [-0.1, -0.05) is 49.1 Å². The molecule has 0 heterocycles. The van der Waals surface area contributed by atoms with Crippen molar-refractivity contribution in [3.63, 3.8) is 0 Å². The lowest BCUT2D eigenvalue weighted by atomic mass is 10.1. The van der Waals surface area contributed by atoms with Gasteiger partial charge in [-0.3, -0.25) is 4.79 Å². The van der Waals surface area contributed by atoms with Crippen LogP contribution in [0.4, 0.5) is 0 Å². The Bertz CT molecular complexity index is 597. The highest BCUT2D eigenvalue weighted by atomic mass is 16.1. The van der Waals surface area contributed by atoms with E-state index in [0.717, 1.165) is 23.8 Å². The number of carbonyl (C=O) groups excluding carboxylic acids is 1. The first-order valence-electron chi connectivity index (χ1n) is 5.98. The van der Waals surface area contributed by atoms with Crippen LogP contribution in [0.15, 0.2) is 48.5 Å². The summed E-state index contributed by atoms with van der Waals surface area (Å²) in [6.45, 7) is 2.13. The third kappa shape index (κ3) is 2.87. The summed E-state index contributed by atoms with van der Waals surface area (Å²) in [6, 6.07) is 15.5. The Kier molecular flexibility index (Phi) is 3.94. The van der Waals surface area contributed by atoms with Crippen LogP contribution in [0.1, 0.15) is 34.0 Å². The molecule has 0 aliphatic rings. The van der Waals surface area contributed by atoms with E-state index in [-0.39, 0.29) is 0 Å². The van der Waals surface area contributed by atoms with Gasteiger partial charge < -0.3 is 0 Å². The summed E-state index contributed by atoms with van der Waals surface area (Å²) >= 11 is 0. The quantitative estimate of drug-likeness (QED) is 0.574. The van der Waals surface area contributed by atoms with Gasteiger partial charge in [-0.15, -0.1) is 0 Å². The van der Waals surface area contributed by atoms with Crippen molar-refractivity contribution >= 4 is 6.29 Å². The van der Waals surface area contributed by atoms with Gasteiger partial charge in [0.15, 0.2) is 6.29 Å². The molecule has 1 nitrogen and oxygen atoms in total. The van der Waals surface area contributed by atoms with E-state index in [9.17, 15) is 4.79 Å². The molecular formula is C17H14O. The topological polar surface area (TPSA) is 17.1 Å². The maximum atomic E-state index is 10.9. The first-order valence-corrected chi connectivity index (χ1v) is 5.98. The molecule has 88 valence electrons. The largest absolute Gasteiger partial charge is 0.298 e. The summed E-state index contributed by atoms with van der Waals surface area (Å²) in [5.41, 5.74) is 3.67. The normalized spacial score (nSPS) is 9.39. The molecule has 2 aromatic rings. The molecule has 0 aromatic heterocycles. The molecule has 2 aromatic carbocycles. The molecule has 0 aliphatic heterocycles. The number of aldehydes is 1. The molecule has 1 heteroatoms. The number of rotatable bonds is 2. The van der Waals surface area contributed by atoms with Gasteiger partial charge >= 0.3 is 0 Å². The number of carbonyl (C=O) groups is 1. The molecule has 0 N–H and O–H groups in total. The van der Waals surface area contributed by atoms with Gasteiger partial charge in [0.2, 0.25) is 0 Å². The summed E-state index contributed by atoms with van der Waals surface area (Å²) < 4.78 is 0. The molecule has 0 spiro atoms. The summed E-state index contributed by atoms with van der Waals surface area (Å²) in [5.74, 6) is 6.11. The van der Waals surface area contributed by atoms with Crippen LogP contribution in [-0.4, -0.2) is 6.29 Å². The van der Waals surface area contributed by atoms with Crippen LogP contribution in [0.25, 0.3) is 0 Å². The van der Waals surface area contributed by atoms with Gasteiger partial charge in [0.25, 0.3) is 0 Å². The monoisotopic (exact) mass is 234 g/mol. The number of benzene rings is 2. The molecule has 0 saturated carbocycles. The predicted octanol–water partition coefficient (Wildman–Crippen LogP) is 3.46. The third-order valence-electron chi connectivity index (χ3n) is 2.79. The van der Waals surface area contributed by atoms with Gasteiger partial charge in [-0.05, 0) is 30.2 Å². The average Bonchev–Trinajstić information content (AvgIpc) is 2.46. The van der Waals surface area contributed by atoms with E-state index in [0.29, 0.717) is 5.56 Å². The molecule has 0 amide bonds. The SMILES string of the molecule is CCc1ccc(C#Cc2ccccc2C=O)cc1. The van der Waals surface area contributed by atoms with Crippen LogP contribution in [0, 0.1) is 11.8 Å². The molecular weight excluding hydrogens is 220 g/mol. The van der Waals surface area contributed by atoms with Crippen molar-refractivity contribution in [3.8, 4) is 11.8 Å². The van der Waals surface area contributed by atoms with Crippen molar-refractivity contribution in [2.24, 2.45) is 0 Å². The zero-order valence-electron chi connectivity index (χ0n) is 10.3. The second kappa shape index (κ2) is 5.84. The minimum absolute atomic E-state index is 0.634. The number of aryl methyl sites for hydroxylation is 1. The van der Waals surface area contributed by atoms with Gasteiger partial charge in [0.1, 0.15) is 0 Å². The van der Waals surface area contributed by atoms with Gasteiger partial charge in [-0.25, -0.2) is 0 Å². The highest BCUT2D eigenvalue weighted by molar-refractivity contribution is 5.79. The van der Waals surface area contributed by atoms with Crippen LogP contribution >= 0.6 is 0 Å². The van der Waals surface area contributed by atoms with Gasteiger partial charge in [0.05, 0.1) is 0 Å². The molecule has 0 aliphatic carbocycles. The number of hydrogen-bond acceptors (Lipinski definition) is 1. The molecule has 0 saturated heterocycles. The van der Waals surface area contributed by atoms with E-state index in [1.54, 1.807) is 6.07 Å². The van der Waals surface area contributed by atoms with Gasteiger partial charge in [0, 0.05) is 16.7 Å². The lowest BCUT2D eigenvalue weighted by Crippen LogP contribution is -1.86. The fourth-order valence-corrected chi connectivity index (χ4v) is 1.68.